The fraction of sp³-hybridized carbons (Fsp3) is 0.455. The number of thiophene rings is 1. The van der Waals surface area contributed by atoms with Gasteiger partial charge in [-0.1, -0.05) is 39.8 Å². The summed E-state index contributed by atoms with van der Waals surface area (Å²) in [5, 5.41) is 0.811. The van der Waals surface area contributed by atoms with Crippen LogP contribution in [0.2, 0.25) is 0 Å². The third-order valence-corrected chi connectivity index (χ3v) is 6.26. The van der Waals surface area contributed by atoms with E-state index >= 15 is 0 Å². The minimum atomic E-state index is -0.281. The Morgan fingerprint density at radius 1 is 1.12 bits per heavy atom. The molecule has 1 aromatic carbocycles. The van der Waals surface area contributed by atoms with Crippen LogP contribution in [0.1, 0.15) is 73.8 Å². The van der Waals surface area contributed by atoms with Crippen molar-refractivity contribution < 1.29 is 9.53 Å². The zero-order valence-electron chi connectivity index (χ0n) is 16.3. The van der Waals surface area contributed by atoms with Crippen molar-refractivity contribution in [3.63, 3.8) is 0 Å². The van der Waals surface area contributed by atoms with Crippen LogP contribution in [0.3, 0.4) is 0 Å². The number of hydrogen-bond acceptors (Lipinski definition) is 4. The Hall–Kier alpha value is -1.94. The van der Waals surface area contributed by atoms with Gasteiger partial charge in [0.25, 0.3) is 0 Å². The van der Waals surface area contributed by atoms with Crippen LogP contribution in [-0.2, 0) is 15.6 Å². The molecule has 0 atom stereocenters. The maximum absolute atomic E-state index is 11.8. The molecule has 0 saturated heterocycles. The molecule has 1 aliphatic carbocycles. The minimum absolute atomic E-state index is 0.189. The molecule has 2 aromatic rings. The molecule has 138 valence electrons. The molecule has 0 saturated carbocycles. The van der Waals surface area contributed by atoms with Gasteiger partial charge in [-0.15, -0.1) is 11.3 Å². The van der Waals surface area contributed by atoms with Crippen LogP contribution in [0.5, 0.6) is 0 Å². The number of carbonyl (C=O) groups excluding carboxylic acids is 1. The zero-order valence-corrected chi connectivity index (χ0v) is 17.1. The molecule has 1 aromatic heterocycles. The average Bonchev–Trinajstić information content (AvgIpc) is 3.07. The summed E-state index contributed by atoms with van der Waals surface area (Å²) in [5.41, 5.74) is 4.39. The number of rotatable bonds is 4. The quantitative estimate of drug-likeness (QED) is 0.488. The first-order valence-electron chi connectivity index (χ1n) is 9.19. The molecule has 0 spiro atoms. The highest BCUT2D eigenvalue weighted by Gasteiger charge is 2.36. The molecule has 3 nitrogen and oxygen atoms in total. The maximum atomic E-state index is 11.8. The highest BCUT2D eigenvalue weighted by Crippen LogP contribution is 2.45. The summed E-state index contributed by atoms with van der Waals surface area (Å²) < 4.78 is 5.03. The zero-order chi connectivity index (χ0) is 18.9. The Morgan fingerprint density at radius 2 is 1.81 bits per heavy atom. The Balaban J connectivity index is 1.85. The second kappa shape index (κ2) is 6.99. The van der Waals surface area contributed by atoms with E-state index in [1.807, 2.05) is 19.2 Å². The normalized spacial score (nSPS) is 17.9. The summed E-state index contributed by atoms with van der Waals surface area (Å²) in [6, 6.07) is 10.3. The molecule has 3 rings (SSSR count). The van der Waals surface area contributed by atoms with Crippen LogP contribution in [-0.4, -0.2) is 18.8 Å². The van der Waals surface area contributed by atoms with Crippen LogP contribution >= 0.6 is 11.3 Å². The van der Waals surface area contributed by atoms with Gasteiger partial charge in [0.15, 0.2) is 0 Å². The van der Waals surface area contributed by atoms with Gasteiger partial charge in [0, 0.05) is 6.21 Å². The van der Waals surface area contributed by atoms with Gasteiger partial charge < -0.3 is 4.74 Å². The molecule has 0 radical (unpaired) electrons. The number of aliphatic imine (C=N–C) groups is 1. The maximum Gasteiger partial charge on any atom is 0.348 e. The van der Waals surface area contributed by atoms with Gasteiger partial charge in [-0.25, -0.2) is 9.79 Å². The number of benzene rings is 1. The number of ether oxygens (including phenoxy) is 1. The van der Waals surface area contributed by atoms with Crippen LogP contribution in [0.4, 0.5) is 5.00 Å². The average molecular weight is 370 g/mol. The van der Waals surface area contributed by atoms with E-state index in [-0.39, 0.29) is 16.8 Å². The molecule has 26 heavy (non-hydrogen) atoms. The predicted octanol–water partition coefficient (Wildman–Crippen LogP) is 6.02. The van der Waals surface area contributed by atoms with Gasteiger partial charge in [-0.05, 0) is 65.5 Å². The predicted molar refractivity (Wildman–Crippen MR) is 109 cm³/mol. The van der Waals surface area contributed by atoms with Crippen molar-refractivity contribution in [3.8, 4) is 0 Å². The van der Waals surface area contributed by atoms with Crippen LogP contribution in [0.15, 0.2) is 35.3 Å². The molecule has 0 unspecified atom stereocenters. The van der Waals surface area contributed by atoms with Crippen molar-refractivity contribution in [2.75, 3.05) is 6.61 Å². The monoisotopic (exact) mass is 369 g/mol. The van der Waals surface area contributed by atoms with Crippen molar-refractivity contribution in [1.29, 1.82) is 0 Å². The van der Waals surface area contributed by atoms with Crippen LogP contribution in [0.25, 0.3) is 0 Å². The molecular weight excluding hydrogens is 342 g/mol. The summed E-state index contributed by atoms with van der Waals surface area (Å²) in [6.07, 6.45) is 4.30. The molecule has 0 bridgehead atoms. The summed E-state index contributed by atoms with van der Waals surface area (Å²) in [5.74, 6) is -0.281. The molecule has 0 amide bonds. The highest BCUT2D eigenvalue weighted by molar-refractivity contribution is 7.17. The third-order valence-electron chi connectivity index (χ3n) is 5.29. The van der Waals surface area contributed by atoms with Gasteiger partial charge in [-0.2, -0.15) is 0 Å². The van der Waals surface area contributed by atoms with E-state index < -0.39 is 0 Å². The molecule has 0 N–H and O–H groups in total. The minimum Gasteiger partial charge on any atom is -0.462 e. The summed E-state index contributed by atoms with van der Waals surface area (Å²) in [7, 11) is 0. The topological polar surface area (TPSA) is 38.7 Å². The van der Waals surface area contributed by atoms with Gasteiger partial charge >= 0.3 is 5.97 Å². The van der Waals surface area contributed by atoms with E-state index in [1.165, 1.54) is 35.3 Å². The summed E-state index contributed by atoms with van der Waals surface area (Å²) in [6.45, 7) is 11.5. The standard InChI is InChI=1S/C22H27NO2S/c1-6-25-20(24)18-9-10-19(26-18)23-14-15-7-8-16-17(13-15)22(4,5)12-11-21(16,2)3/h7-10,13-14H,6,11-12H2,1-5H3. The number of nitrogens with zero attached hydrogens (tertiary/aromatic N) is 1. The molecule has 0 fully saturated rings. The summed E-state index contributed by atoms with van der Waals surface area (Å²) >= 11 is 1.36. The number of carbonyl (C=O) groups is 1. The van der Waals surface area contributed by atoms with E-state index in [0.29, 0.717) is 11.5 Å². The van der Waals surface area contributed by atoms with Gasteiger partial charge in [0.1, 0.15) is 9.88 Å². The van der Waals surface area contributed by atoms with E-state index in [2.05, 4.69) is 50.9 Å². The SMILES string of the molecule is CCOC(=O)c1ccc(N=Cc2ccc3c(c2)C(C)(C)CCC3(C)C)s1. The van der Waals surface area contributed by atoms with Gasteiger partial charge in [0.2, 0.25) is 0 Å². The fourth-order valence-electron chi connectivity index (χ4n) is 3.53. The first kappa shape index (κ1) is 18.8. The van der Waals surface area contributed by atoms with E-state index in [1.54, 1.807) is 6.07 Å². The van der Waals surface area contributed by atoms with Crippen molar-refractivity contribution in [3.05, 3.63) is 51.9 Å². The Morgan fingerprint density at radius 3 is 2.50 bits per heavy atom. The van der Waals surface area contributed by atoms with E-state index in [4.69, 9.17) is 4.74 Å². The van der Waals surface area contributed by atoms with E-state index in [9.17, 15) is 4.79 Å². The van der Waals surface area contributed by atoms with E-state index in [0.717, 1.165) is 10.6 Å². The smallest absolute Gasteiger partial charge is 0.348 e. The first-order valence-corrected chi connectivity index (χ1v) is 10.0. The lowest BCUT2D eigenvalue weighted by Gasteiger charge is -2.42. The third kappa shape index (κ3) is 3.75. The number of fused-ring (bicyclic) bond motifs is 1. The number of hydrogen-bond donors (Lipinski definition) is 0. The molecule has 4 heteroatoms. The van der Waals surface area contributed by atoms with Crippen LogP contribution in [0, 0.1) is 0 Å². The van der Waals surface area contributed by atoms with Crippen LogP contribution < -0.4 is 0 Å². The van der Waals surface area contributed by atoms with Crippen molar-refractivity contribution in [2.24, 2.45) is 4.99 Å². The molecular formula is C22H27NO2S. The summed E-state index contributed by atoms with van der Waals surface area (Å²) in [4.78, 5) is 16.9. The molecule has 0 aliphatic heterocycles. The van der Waals surface area contributed by atoms with Gasteiger partial charge in [-0.3, -0.25) is 0 Å². The first-order chi connectivity index (χ1) is 12.2. The van der Waals surface area contributed by atoms with Gasteiger partial charge in [0.05, 0.1) is 6.61 Å². The lowest BCUT2D eigenvalue weighted by atomic mass is 9.63. The lowest BCUT2D eigenvalue weighted by molar-refractivity contribution is 0.0532. The largest absolute Gasteiger partial charge is 0.462 e. The molecule has 1 heterocycles. The second-order valence-electron chi connectivity index (χ2n) is 8.19. The Bertz CT molecular complexity index is 846. The Labute approximate surface area is 160 Å². The Kier molecular flexibility index (Phi) is 5.07. The highest BCUT2D eigenvalue weighted by atomic mass is 32.1. The van der Waals surface area contributed by atoms with Crippen molar-refractivity contribution in [1.82, 2.24) is 0 Å². The lowest BCUT2D eigenvalue weighted by Crippen LogP contribution is -2.33. The number of esters is 1. The van der Waals surface area contributed by atoms with Crippen molar-refractivity contribution >= 4 is 28.5 Å². The molecule has 1 aliphatic rings. The fourth-order valence-corrected chi connectivity index (χ4v) is 4.28. The second-order valence-corrected chi connectivity index (χ2v) is 9.25. The van der Waals surface area contributed by atoms with Crippen molar-refractivity contribution in [2.45, 2.75) is 58.3 Å².